The Morgan fingerprint density at radius 1 is 1.42 bits per heavy atom. The van der Waals surface area contributed by atoms with Crippen LogP contribution in [0.2, 0.25) is 0 Å². The van der Waals surface area contributed by atoms with Crippen LogP contribution in [-0.4, -0.2) is 30.1 Å². The second-order valence-electron chi connectivity index (χ2n) is 3.56. The van der Waals surface area contributed by atoms with Gasteiger partial charge in [-0.05, 0) is 25.1 Å². The van der Waals surface area contributed by atoms with Crippen LogP contribution in [0, 0.1) is 17.7 Å². The zero-order chi connectivity index (χ0) is 14.3. The monoisotopic (exact) mass is 264 g/mol. The summed E-state index contributed by atoms with van der Waals surface area (Å²) in [6, 6.07) is 3.73. The Bertz CT molecular complexity index is 540. The minimum Gasteiger partial charge on any atom is -0.466 e. The third-order valence-corrected chi connectivity index (χ3v) is 2.19. The van der Waals surface area contributed by atoms with Crippen molar-refractivity contribution < 1.29 is 23.8 Å². The highest BCUT2D eigenvalue weighted by molar-refractivity contribution is 6.06. The molecule has 0 aromatic heterocycles. The fourth-order valence-corrected chi connectivity index (χ4v) is 1.40. The molecule has 0 saturated carbocycles. The quantitative estimate of drug-likeness (QED) is 0.385. The van der Waals surface area contributed by atoms with Gasteiger partial charge < -0.3 is 9.84 Å². The first-order valence-corrected chi connectivity index (χ1v) is 5.66. The number of aliphatic hydroxyl groups is 1. The van der Waals surface area contributed by atoms with Gasteiger partial charge >= 0.3 is 5.97 Å². The van der Waals surface area contributed by atoms with Gasteiger partial charge in [0, 0.05) is 5.56 Å². The molecular weight excluding hydrogens is 251 g/mol. The molecule has 0 radical (unpaired) electrons. The number of ketones is 1. The molecule has 0 aliphatic rings. The third kappa shape index (κ3) is 4.53. The van der Waals surface area contributed by atoms with Crippen molar-refractivity contribution in [2.24, 2.45) is 0 Å². The largest absolute Gasteiger partial charge is 0.466 e. The van der Waals surface area contributed by atoms with Crippen molar-refractivity contribution in [1.82, 2.24) is 0 Å². The number of esters is 1. The molecule has 1 aromatic carbocycles. The van der Waals surface area contributed by atoms with Gasteiger partial charge in [-0.3, -0.25) is 9.59 Å². The highest BCUT2D eigenvalue weighted by Crippen LogP contribution is 2.13. The molecule has 0 heterocycles. The molecular formula is C14H13FO4. The molecule has 0 atom stereocenters. The van der Waals surface area contributed by atoms with Crippen LogP contribution in [0.15, 0.2) is 18.2 Å². The van der Waals surface area contributed by atoms with Crippen molar-refractivity contribution in [3.63, 3.8) is 0 Å². The maximum absolute atomic E-state index is 13.5. The first-order chi connectivity index (χ1) is 9.08. The maximum Gasteiger partial charge on any atom is 0.313 e. The number of rotatable bonds is 4. The van der Waals surface area contributed by atoms with Crippen LogP contribution in [0.25, 0.3) is 0 Å². The van der Waals surface area contributed by atoms with E-state index in [2.05, 4.69) is 16.6 Å². The lowest BCUT2D eigenvalue weighted by molar-refractivity contribution is -0.141. The van der Waals surface area contributed by atoms with Gasteiger partial charge in [-0.1, -0.05) is 11.8 Å². The average Bonchev–Trinajstić information content (AvgIpc) is 2.37. The van der Waals surface area contributed by atoms with Gasteiger partial charge in [-0.2, -0.15) is 0 Å². The van der Waals surface area contributed by atoms with Crippen LogP contribution in [0.5, 0.6) is 0 Å². The Balaban J connectivity index is 2.92. The smallest absolute Gasteiger partial charge is 0.313 e. The lowest BCUT2D eigenvalue weighted by Gasteiger charge is -2.03. The molecule has 0 fully saturated rings. The Kier molecular flexibility index (Phi) is 5.71. The first-order valence-electron chi connectivity index (χ1n) is 5.66. The van der Waals surface area contributed by atoms with E-state index in [0.29, 0.717) is 5.56 Å². The van der Waals surface area contributed by atoms with Gasteiger partial charge in [-0.25, -0.2) is 4.39 Å². The van der Waals surface area contributed by atoms with E-state index < -0.39 is 24.0 Å². The number of aliphatic hydroxyl groups excluding tert-OH is 1. The number of Topliss-reactive ketones (excluding diaryl/α,β-unsaturated/α-hetero) is 1. The molecule has 1 N–H and O–H groups in total. The normalized spacial score (nSPS) is 9.42. The van der Waals surface area contributed by atoms with Crippen LogP contribution in [0.4, 0.5) is 4.39 Å². The van der Waals surface area contributed by atoms with E-state index in [1.165, 1.54) is 12.1 Å². The van der Waals surface area contributed by atoms with Crippen LogP contribution >= 0.6 is 0 Å². The average molecular weight is 264 g/mol. The lowest BCUT2D eigenvalue weighted by Crippen LogP contribution is -2.12. The molecule has 19 heavy (non-hydrogen) atoms. The number of carbonyl (C=O) groups is 2. The van der Waals surface area contributed by atoms with Crippen molar-refractivity contribution in [1.29, 1.82) is 0 Å². The Morgan fingerprint density at radius 2 is 2.16 bits per heavy atom. The van der Waals surface area contributed by atoms with Gasteiger partial charge in [0.25, 0.3) is 0 Å². The zero-order valence-electron chi connectivity index (χ0n) is 10.4. The molecule has 0 aliphatic carbocycles. The van der Waals surface area contributed by atoms with Crippen molar-refractivity contribution >= 4 is 11.8 Å². The van der Waals surface area contributed by atoms with Crippen molar-refractivity contribution in [2.45, 2.75) is 13.3 Å². The number of carbonyl (C=O) groups excluding carboxylic acids is 2. The van der Waals surface area contributed by atoms with Crippen molar-refractivity contribution in [3.05, 3.63) is 35.1 Å². The van der Waals surface area contributed by atoms with Gasteiger partial charge in [0.1, 0.15) is 18.8 Å². The molecule has 0 amide bonds. The van der Waals surface area contributed by atoms with Crippen molar-refractivity contribution in [2.75, 3.05) is 13.2 Å². The SMILES string of the molecule is CCOC(=O)CC(=O)c1cc(C#CCO)ccc1F. The van der Waals surface area contributed by atoms with Gasteiger partial charge in [0.05, 0.1) is 12.2 Å². The lowest BCUT2D eigenvalue weighted by atomic mass is 10.0. The Hall–Kier alpha value is -2.19. The van der Waals surface area contributed by atoms with E-state index in [9.17, 15) is 14.0 Å². The summed E-state index contributed by atoms with van der Waals surface area (Å²) in [5.74, 6) is 2.87. The van der Waals surface area contributed by atoms with E-state index in [1.54, 1.807) is 6.92 Å². The highest BCUT2D eigenvalue weighted by atomic mass is 19.1. The molecule has 1 aromatic rings. The fraction of sp³-hybridized carbons (Fsp3) is 0.286. The molecule has 0 spiro atoms. The molecule has 0 saturated heterocycles. The van der Waals surface area contributed by atoms with Crippen LogP contribution in [0.1, 0.15) is 29.3 Å². The second kappa shape index (κ2) is 7.29. The summed E-state index contributed by atoms with van der Waals surface area (Å²) in [5.41, 5.74) is 0.181. The summed E-state index contributed by atoms with van der Waals surface area (Å²) < 4.78 is 18.1. The summed E-state index contributed by atoms with van der Waals surface area (Å²) >= 11 is 0. The predicted molar refractivity (Wildman–Crippen MR) is 65.9 cm³/mol. The van der Waals surface area contributed by atoms with Crippen molar-refractivity contribution in [3.8, 4) is 11.8 Å². The van der Waals surface area contributed by atoms with E-state index in [0.717, 1.165) is 6.07 Å². The zero-order valence-corrected chi connectivity index (χ0v) is 10.4. The van der Waals surface area contributed by atoms with Gasteiger partial charge in [-0.15, -0.1) is 0 Å². The fourth-order valence-electron chi connectivity index (χ4n) is 1.40. The van der Waals surface area contributed by atoms with E-state index in [4.69, 9.17) is 5.11 Å². The van der Waals surface area contributed by atoms with Crippen LogP contribution in [0.3, 0.4) is 0 Å². The topological polar surface area (TPSA) is 63.6 Å². The molecule has 0 aliphatic heterocycles. The van der Waals surface area contributed by atoms with E-state index >= 15 is 0 Å². The molecule has 5 heteroatoms. The third-order valence-electron chi connectivity index (χ3n) is 2.19. The predicted octanol–water partition coefficient (Wildman–Crippen LogP) is 1.31. The van der Waals surface area contributed by atoms with Gasteiger partial charge in [0.15, 0.2) is 5.78 Å². The number of halogens is 1. The van der Waals surface area contributed by atoms with Crippen LogP contribution in [-0.2, 0) is 9.53 Å². The maximum atomic E-state index is 13.5. The summed E-state index contributed by atoms with van der Waals surface area (Å²) in [5, 5.41) is 8.56. The molecule has 4 nitrogen and oxygen atoms in total. The van der Waals surface area contributed by atoms with Gasteiger partial charge in [0.2, 0.25) is 0 Å². The summed E-state index contributed by atoms with van der Waals surface area (Å²) in [4.78, 5) is 22.9. The highest BCUT2D eigenvalue weighted by Gasteiger charge is 2.16. The van der Waals surface area contributed by atoms with E-state index in [1.807, 2.05) is 0 Å². The number of benzene rings is 1. The van der Waals surface area contributed by atoms with E-state index in [-0.39, 0.29) is 18.8 Å². The molecule has 0 unspecified atom stereocenters. The Labute approximate surface area is 110 Å². The number of hydrogen-bond donors (Lipinski definition) is 1. The summed E-state index contributed by atoms with van der Waals surface area (Å²) in [6.45, 7) is 1.45. The standard InChI is InChI=1S/C14H13FO4/c1-2-19-14(18)9-13(17)11-8-10(4-3-7-16)5-6-12(11)15/h5-6,8,16H,2,7,9H2,1H3. The summed E-state index contributed by atoms with van der Waals surface area (Å²) in [6.07, 6.45) is -0.512. The number of ether oxygens (including phenoxy) is 1. The summed E-state index contributed by atoms with van der Waals surface area (Å²) in [7, 11) is 0. The first kappa shape index (κ1) is 14.9. The minimum absolute atomic E-state index is 0.163. The number of hydrogen-bond acceptors (Lipinski definition) is 4. The Morgan fingerprint density at radius 3 is 2.79 bits per heavy atom. The molecule has 100 valence electrons. The second-order valence-corrected chi connectivity index (χ2v) is 3.56. The minimum atomic E-state index is -0.719. The molecule has 0 bridgehead atoms. The van der Waals surface area contributed by atoms with Crippen LogP contribution < -0.4 is 0 Å². The molecule has 1 rings (SSSR count).